The number of piperazine rings is 1. The lowest BCUT2D eigenvalue weighted by atomic mass is 10.2. The molecule has 5 heteroatoms. The molecule has 3 aromatic rings. The van der Waals surface area contributed by atoms with Gasteiger partial charge in [-0.2, -0.15) is 0 Å². The van der Waals surface area contributed by atoms with Crippen LogP contribution in [0.4, 0.5) is 5.69 Å². The van der Waals surface area contributed by atoms with Crippen LogP contribution in [0.25, 0.3) is 16.9 Å². The fourth-order valence-electron chi connectivity index (χ4n) is 2.82. The van der Waals surface area contributed by atoms with Crippen LogP contribution in [0, 0.1) is 0 Å². The highest BCUT2D eigenvalue weighted by molar-refractivity contribution is 5.66. The molecule has 4 heterocycles. The van der Waals surface area contributed by atoms with Gasteiger partial charge in [0, 0.05) is 56.0 Å². The highest BCUT2D eigenvalue weighted by Gasteiger charge is 2.12. The summed E-state index contributed by atoms with van der Waals surface area (Å²) >= 11 is 0. The van der Waals surface area contributed by atoms with Crippen LogP contribution in [-0.2, 0) is 0 Å². The Morgan fingerprint density at radius 2 is 2.00 bits per heavy atom. The summed E-state index contributed by atoms with van der Waals surface area (Å²) in [4.78, 5) is 11.1. The Hall–Kier alpha value is -2.40. The van der Waals surface area contributed by atoms with Crippen LogP contribution in [0.2, 0.25) is 0 Å². The predicted molar refractivity (Wildman–Crippen MR) is 83.5 cm³/mol. The summed E-state index contributed by atoms with van der Waals surface area (Å²) in [5, 5.41) is 3.38. The smallest absolute Gasteiger partial charge is 0.146 e. The molecule has 1 fully saturated rings. The first-order chi connectivity index (χ1) is 10.4. The zero-order valence-corrected chi connectivity index (χ0v) is 11.7. The molecule has 21 heavy (non-hydrogen) atoms. The molecule has 0 saturated carbocycles. The van der Waals surface area contributed by atoms with Gasteiger partial charge in [-0.3, -0.25) is 9.38 Å². The minimum Gasteiger partial charge on any atom is -0.369 e. The molecule has 0 bridgehead atoms. The van der Waals surface area contributed by atoms with Crippen molar-refractivity contribution in [3.05, 3.63) is 49.1 Å². The third kappa shape index (κ3) is 2.25. The van der Waals surface area contributed by atoms with Gasteiger partial charge in [0.1, 0.15) is 5.82 Å². The lowest BCUT2D eigenvalue weighted by Crippen LogP contribution is -2.43. The van der Waals surface area contributed by atoms with E-state index in [9.17, 15) is 0 Å². The van der Waals surface area contributed by atoms with Gasteiger partial charge in [-0.25, -0.2) is 4.98 Å². The van der Waals surface area contributed by atoms with Crippen molar-refractivity contribution >= 4 is 11.2 Å². The van der Waals surface area contributed by atoms with E-state index in [4.69, 9.17) is 0 Å². The molecule has 3 aromatic heterocycles. The lowest BCUT2D eigenvalue weighted by molar-refractivity contribution is 0.589. The zero-order chi connectivity index (χ0) is 14.1. The first-order valence-corrected chi connectivity index (χ1v) is 7.25. The predicted octanol–water partition coefficient (Wildman–Crippen LogP) is 1.81. The quantitative estimate of drug-likeness (QED) is 0.777. The van der Waals surface area contributed by atoms with Crippen LogP contribution in [0.15, 0.2) is 49.1 Å². The first kappa shape index (κ1) is 12.3. The van der Waals surface area contributed by atoms with Crippen LogP contribution < -0.4 is 10.2 Å². The van der Waals surface area contributed by atoms with Crippen LogP contribution >= 0.6 is 0 Å². The summed E-state index contributed by atoms with van der Waals surface area (Å²) in [6.07, 6.45) is 7.65. The Bertz CT molecular complexity index is 744. The van der Waals surface area contributed by atoms with Gasteiger partial charge in [-0.1, -0.05) is 0 Å². The molecule has 0 aliphatic carbocycles. The maximum absolute atomic E-state index is 4.54. The zero-order valence-electron chi connectivity index (χ0n) is 11.7. The molecule has 0 spiro atoms. The second-order valence-electron chi connectivity index (χ2n) is 5.24. The number of rotatable bonds is 2. The number of fused-ring (bicyclic) bond motifs is 1. The fraction of sp³-hybridized carbons (Fsp3) is 0.250. The number of hydrogen-bond donors (Lipinski definition) is 1. The molecule has 1 aliphatic heterocycles. The van der Waals surface area contributed by atoms with Gasteiger partial charge in [0.05, 0.1) is 11.7 Å². The van der Waals surface area contributed by atoms with Crippen LogP contribution in [-0.4, -0.2) is 40.5 Å². The molecule has 1 saturated heterocycles. The van der Waals surface area contributed by atoms with Crippen molar-refractivity contribution in [1.29, 1.82) is 0 Å². The second-order valence-corrected chi connectivity index (χ2v) is 5.24. The second kappa shape index (κ2) is 5.18. The number of aromatic nitrogens is 3. The summed E-state index contributed by atoms with van der Waals surface area (Å²) in [6, 6.07) is 8.34. The van der Waals surface area contributed by atoms with Gasteiger partial charge in [0.2, 0.25) is 0 Å². The molecule has 0 aromatic carbocycles. The molecule has 5 nitrogen and oxygen atoms in total. The van der Waals surface area contributed by atoms with Gasteiger partial charge < -0.3 is 10.2 Å². The molecular formula is C16H17N5. The van der Waals surface area contributed by atoms with Gasteiger partial charge in [-0.05, 0) is 24.3 Å². The van der Waals surface area contributed by atoms with Crippen molar-refractivity contribution in [1.82, 2.24) is 19.7 Å². The number of nitrogens with one attached hydrogen (secondary N) is 1. The van der Waals surface area contributed by atoms with Crippen LogP contribution in [0.5, 0.6) is 0 Å². The van der Waals surface area contributed by atoms with Crippen molar-refractivity contribution in [2.75, 3.05) is 31.1 Å². The van der Waals surface area contributed by atoms with E-state index in [1.54, 1.807) is 6.20 Å². The number of nitrogens with zero attached hydrogens (tertiary/aromatic N) is 4. The minimum absolute atomic E-state index is 0.935. The normalized spacial score (nSPS) is 15.5. The molecule has 1 aliphatic rings. The summed E-state index contributed by atoms with van der Waals surface area (Å²) < 4.78 is 2.11. The van der Waals surface area contributed by atoms with Crippen LogP contribution in [0.3, 0.4) is 0 Å². The Morgan fingerprint density at radius 1 is 1.10 bits per heavy atom. The van der Waals surface area contributed by atoms with Gasteiger partial charge in [0.25, 0.3) is 0 Å². The maximum Gasteiger partial charge on any atom is 0.146 e. The molecule has 1 N–H and O–H groups in total. The van der Waals surface area contributed by atoms with E-state index in [2.05, 4.69) is 42.9 Å². The third-order valence-corrected chi connectivity index (χ3v) is 3.92. The van der Waals surface area contributed by atoms with Crippen molar-refractivity contribution < 1.29 is 0 Å². The monoisotopic (exact) mass is 279 g/mol. The van der Waals surface area contributed by atoms with E-state index >= 15 is 0 Å². The third-order valence-electron chi connectivity index (χ3n) is 3.92. The molecule has 0 amide bonds. The van der Waals surface area contributed by atoms with Crippen molar-refractivity contribution in [2.24, 2.45) is 0 Å². The molecule has 0 atom stereocenters. The summed E-state index contributed by atoms with van der Waals surface area (Å²) in [7, 11) is 0. The van der Waals surface area contributed by atoms with E-state index in [0.717, 1.165) is 43.1 Å². The standard InChI is InChI=1S/C16H17N5/c1-2-13(11-18-4-1)16-19-12-15-10-14(3-7-21(15)16)20-8-5-17-6-9-20/h1-4,7,10-12,17H,5-6,8-9H2. The highest BCUT2D eigenvalue weighted by Crippen LogP contribution is 2.23. The Balaban J connectivity index is 1.74. The molecular weight excluding hydrogens is 262 g/mol. The first-order valence-electron chi connectivity index (χ1n) is 7.25. The number of hydrogen-bond acceptors (Lipinski definition) is 4. The van der Waals surface area contributed by atoms with Crippen molar-refractivity contribution in [3.8, 4) is 11.4 Å². The Kier molecular flexibility index (Phi) is 3.05. The lowest BCUT2D eigenvalue weighted by Gasteiger charge is -2.29. The van der Waals surface area contributed by atoms with E-state index in [1.807, 2.05) is 24.5 Å². The Morgan fingerprint density at radius 3 is 2.81 bits per heavy atom. The average Bonchev–Trinajstić information content (AvgIpc) is 2.99. The maximum atomic E-state index is 4.54. The van der Waals surface area contributed by atoms with Crippen molar-refractivity contribution in [2.45, 2.75) is 0 Å². The van der Waals surface area contributed by atoms with Gasteiger partial charge >= 0.3 is 0 Å². The minimum atomic E-state index is 0.935. The molecule has 4 rings (SSSR count). The van der Waals surface area contributed by atoms with E-state index in [-0.39, 0.29) is 0 Å². The number of pyridine rings is 2. The largest absolute Gasteiger partial charge is 0.369 e. The van der Waals surface area contributed by atoms with E-state index < -0.39 is 0 Å². The van der Waals surface area contributed by atoms with E-state index in [1.165, 1.54) is 5.69 Å². The highest BCUT2D eigenvalue weighted by atomic mass is 15.2. The molecule has 106 valence electrons. The topological polar surface area (TPSA) is 45.5 Å². The van der Waals surface area contributed by atoms with Crippen LogP contribution in [0.1, 0.15) is 0 Å². The SMILES string of the molecule is c1cncc(-c2ncc3cc(N4CCNCC4)ccn23)c1. The van der Waals surface area contributed by atoms with Crippen molar-refractivity contribution in [3.63, 3.8) is 0 Å². The number of imidazole rings is 1. The Labute approximate surface area is 123 Å². The van der Waals surface area contributed by atoms with Gasteiger partial charge in [0.15, 0.2) is 0 Å². The summed E-state index contributed by atoms with van der Waals surface area (Å²) in [5.74, 6) is 0.935. The molecule has 0 radical (unpaired) electrons. The van der Waals surface area contributed by atoms with E-state index in [0.29, 0.717) is 0 Å². The molecule has 0 unspecified atom stereocenters. The van der Waals surface area contributed by atoms with Gasteiger partial charge in [-0.15, -0.1) is 0 Å². The average molecular weight is 279 g/mol. The summed E-state index contributed by atoms with van der Waals surface area (Å²) in [5.41, 5.74) is 3.42. The number of anilines is 1. The fourth-order valence-corrected chi connectivity index (χ4v) is 2.82. The summed E-state index contributed by atoms with van der Waals surface area (Å²) in [6.45, 7) is 4.20.